The van der Waals surface area contributed by atoms with E-state index in [1.807, 2.05) is 44.2 Å². The summed E-state index contributed by atoms with van der Waals surface area (Å²) in [4.78, 5) is 12.7. The lowest BCUT2D eigenvalue weighted by molar-refractivity contribution is -0.116. The van der Waals surface area contributed by atoms with Crippen molar-refractivity contribution in [3.8, 4) is 0 Å². The van der Waals surface area contributed by atoms with E-state index in [1.165, 1.54) is 4.68 Å². The second kappa shape index (κ2) is 9.08. The number of hydrogen-bond donors (Lipinski definition) is 2. The molecule has 0 radical (unpaired) electrons. The fraction of sp³-hybridized carbons (Fsp3) is 0.444. The Kier molecular flexibility index (Phi) is 6.82. The molecule has 0 saturated heterocycles. The number of hydrogen-bond acceptors (Lipinski definition) is 5. The van der Waals surface area contributed by atoms with Gasteiger partial charge in [-0.3, -0.25) is 4.79 Å². The maximum Gasteiger partial charge on any atom is 0.270 e. The Hall–Kier alpha value is -2.54. The molecule has 0 aliphatic heterocycles. The Morgan fingerprint density at radius 1 is 1.28 bits per heavy atom. The van der Waals surface area contributed by atoms with Gasteiger partial charge in [0.1, 0.15) is 5.70 Å². The van der Waals surface area contributed by atoms with E-state index < -0.39 is 6.10 Å². The minimum atomic E-state index is -0.577. The Balaban J connectivity index is 2.20. The molecule has 1 heterocycles. The number of benzene rings is 1. The van der Waals surface area contributed by atoms with Crippen LogP contribution in [0, 0.1) is 12.8 Å². The first kappa shape index (κ1) is 18.8. The smallest absolute Gasteiger partial charge is 0.270 e. The zero-order chi connectivity index (χ0) is 18.2. The van der Waals surface area contributed by atoms with Gasteiger partial charge in [-0.1, -0.05) is 57.0 Å². The van der Waals surface area contributed by atoms with E-state index in [-0.39, 0.29) is 18.4 Å². The van der Waals surface area contributed by atoms with Gasteiger partial charge in [0.25, 0.3) is 5.91 Å². The van der Waals surface area contributed by atoms with Crippen LogP contribution in [-0.2, 0) is 4.79 Å². The summed E-state index contributed by atoms with van der Waals surface area (Å²) in [6, 6.07) is 9.48. The van der Waals surface area contributed by atoms with Crippen molar-refractivity contribution in [2.75, 3.05) is 6.54 Å². The van der Waals surface area contributed by atoms with Gasteiger partial charge < -0.3 is 10.4 Å². The van der Waals surface area contributed by atoms with Crippen LogP contribution in [0.15, 0.2) is 30.3 Å². The van der Waals surface area contributed by atoms with Crippen LogP contribution in [0.2, 0.25) is 0 Å². The maximum atomic E-state index is 12.7. The molecule has 1 aromatic heterocycles. The molecule has 7 heteroatoms. The van der Waals surface area contributed by atoms with E-state index in [0.717, 1.165) is 18.4 Å². The lowest BCUT2D eigenvalue weighted by atomic mass is 9.96. The molecule has 0 bridgehead atoms. The van der Waals surface area contributed by atoms with Crippen molar-refractivity contribution in [1.82, 2.24) is 25.5 Å². The number of nitrogens with zero attached hydrogens (tertiary/aromatic N) is 4. The molecule has 7 nitrogen and oxygen atoms in total. The fourth-order valence-corrected chi connectivity index (χ4v) is 2.67. The highest BCUT2D eigenvalue weighted by molar-refractivity contribution is 6.18. The number of carbonyl (C=O) groups is 1. The fourth-order valence-electron chi connectivity index (χ4n) is 2.67. The first-order chi connectivity index (χ1) is 12.1. The molecule has 1 atom stereocenters. The van der Waals surface area contributed by atoms with E-state index >= 15 is 0 Å². The number of tetrazole rings is 1. The van der Waals surface area contributed by atoms with Crippen molar-refractivity contribution < 1.29 is 9.90 Å². The third-order valence-electron chi connectivity index (χ3n) is 4.25. The van der Waals surface area contributed by atoms with Crippen LogP contribution in [0.3, 0.4) is 0 Å². The minimum Gasteiger partial charge on any atom is -0.391 e. The maximum absolute atomic E-state index is 12.7. The molecule has 1 amide bonds. The van der Waals surface area contributed by atoms with Crippen LogP contribution in [0.5, 0.6) is 0 Å². The minimum absolute atomic E-state index is 0.164. The number of aliphatic hydroxyl groups excluding tert-OH is 1. The van der Waals surface area contributed by atoms with Gasteiger partial charge in [-0.05, 0) is 34.9 Å². The van der Waals surface area contributed by atoms with Gasteiger partial charge in [0, 0.05) is 6.54 Å². The van der Waals surface area contributed by atoms with Gasteiger partial charge in [0.2, 0.25) is 0 Å². The third-order valence-corrected chi connectivity index (χ3v) is 4.25. The predicted octanol–water partition coefficient (Wildman–Crippen LogP) is 1.89. The molecule has 0 aliphatic carbocycles. The summed E-state index contributed by atoms with van der Waals surface area (Å²) in [6.07, 6.45) is 2.88. The third kappa shape index (κ3) is 4.96. The molecule has 0 saturated carbocycles. The number of aliphatic hydroxyl groups is 1. The Labute approximate surface area is 147 Å². The second-order valence-electron chi connectivity index (χ2n) is 5.93. The van der Waals surface area contributed by atoms with E-state index in [9.17, 15) is 9.90 Å². The average Bonchev–Trinajstić information content (AvgIpc) is 3.05. The van der Waals surface area contributed by atoms with Crippen molar-refractivity contribution in [2.24, 2.45) is 5.92 Å². The summed E-state index contributed by atoms with van der Waals surface area (Å²) in [5.74, 6) is 0.346. The molecule has 25 heavy (non-hydrogen) atoms. The highest BCUT2D eigenvalue weighted by Gasteiger charge is 2.20. The SMILES string of the molecule is CCC(CC)C(O)CNC(=O)/C(=C/c1ccccc1)n1nnnc1C. The Bertz CT molecular complexity index is 707. The van der Waals surface area contributed by atoms with Crippen molar-refractivity contribution in [3.63, 3.8) is 0 Å². The summed E-state index contributed by atoms with van der Waals surface area (Å²) < 4.78 is 1.39. The van der Waals surface area contributed by atoms with Crippen LogP contribution < -0.4 is 5.32 Å². The lowest BCUT2D eigenvalue weighted by Crippen LogP contribution is -2.37. The van der Waals surface area contributed by atoms with Gasteiger partial charge in [0.15, 0.2) is 5.82 Å². The highest BCUT2D eigenvalue weighted by Crippen LogP contribution is 2.14. The molecule has 2 aromatic rings. The van der Waals surface area contributed by atoms with E-state index in [4.69, 9.17) is 0 Å². The summed E-state index contributed by atoms with van der Waals surface area (Å²) in [5.41, 5.74) is 1.17. The molecule has 2 rings (SSSR count). The normalized spacial score (nSPS) is 13.1. The molecule has 0 fully saturated rings. The molecule has 0 spiro atoms. The van der Waals surface area contributed by atoms with Crippen LogP contribution in [-0.4, -0.2) is 43.9 Å². The van der Waals surface area contributed by atoms with Crippen molar-refractivity contribution in [2.45, 2.75) is 39.7 Å². The molecule has 1 aromatic carbocycles. The number of nitrogens with one attached hydrogen (secondary N) is 1. The Morgan fingerprint density at radius 2 is 1.96 bits per heavy atom. The summed E-state index contributed by atoms with van der Waals surface area (Å²) in [7, 11) is 0. The van der Waals surface area contributed by atoms with Crippen LogP contribution in [0.25, 0.3) is 11.8 Å². The van der Waals surface area contributed by atoms with E-state index in [0.29, 0.717) is 11.5 Å². The molecule has 134 valence electrons. The topological polar surface area (TPSA) is 92.9 Å². The summed E-state index contributed by atoms with van der Waals surface area (Å²) >= 11 is 0. The Morgan fingerprint density at radius 3 is 2.52 bits per heavy atom. The number of rotatable bonds is 8. The molecule has 0 aliphatic rings. The monoisotopic (exact) mass is 343 g/mol. The van der Waals surface area contributed by atoms with Gasteiger partial charge in [-0.2, -0.15) is 4.68 Å². The number of amides is 1. The van der Waals surface area contributed by atoms with Gasteiger partial charge in [-0.25, -0.2) is 0 Å². The van der Waals surface area contributed by atoms with Crippen molar-refractivity contribution in [1.29, 1.82) is 0 Å². The van der Waals surface area contributed by atoms with Crippen molar-refractivity contribution in [3.05, 3.63) is 41.7 Å². The van der Waals surface area contributed by atoms with Gasteiger partial charge in [0.05, 0.1) is 6.10 Å². The molecular formula is C18H25N5O2. The highest BCUT2D eigenvalue weighted by atomic mass is 16.3. The largest absolute Gasteiger partial charge is 0.391 e. The first-order valence-electron chi connectivity index (χ1n) is 8.55. The van der Waals surface area contributed by atoms with Crippen LogP contribution >= 0.6 is 0 Å². The second-order valence-corrected chi connectivity index (χ2v) is 5.93. The molecule has 2 N–H and O–H groups in total. The van der Waals surface area contributed by atoms with E-state index in [1.54, 1.807) is 13.0 Å². The van der Waals surface area contributed by atoms with Crippen molar-refractivity contribution >= 4 is 17.7 Å². The number of aryl methyl sites for hydroxylation is 1. The summed E-state index contributed by atoms with van der Waals surface area (Å²) in [5, 5.41) is 24.4. The first-order valence-corrected chi connectivity index (χ1v) is 8.55. The molecule has 1 unspecified atom stereocenters. The standard InChI is InChI=1S/C18H25N5O2/c1-4-15(5-2)17(24)12-19-18(25)16(23-13(3)20-21-22-23)11-14-9-7-6-8-10-14/h6-11,15,17,24H,4-5,12H2,1-3H3,(H,19,25)/b16-11-. The van der Waals surface area contributed by atoms with E-state index in [2.05, 4.69) is 20.8 Å². The zero-order valence-corrected chi connectivity index (χ0v) is 14.9. The number of carbonyl (C=O) groups excluding carboxylic acids is 1. The van der Waals surface area contributed by atoms with Crippen LogP contribution in [0.4, 0.5) is 0 Å². The zero-order valence-electron chi connectivity index (χ0n) is 14.9. The average molecular weight is 343 g/mol. The van der Waals surface area contributed by atoms with Crippen LogP contribution in [0.1, 0.15) is 38.1 Å². The van der Waals surface area contributed by atoms with Gasteiger partial charge >= 0.3 is 0 Å². The van der Waals surface area contributed by atoms with Gasteiger partial charge in [-0.15, -0.1) is 5.10 Å². The quantitative estimate of drug-likeness (QED) is 0.714. The molecular weight excluding hydrogens is 318 g/mol. The predicted molar refractivity (Wildman–Crippen MR) is 96.3 cm³/mol. The lowest BCUT2D eigenvalue weighted by Gasteiger charge is -2.20. The summed E-state index contributed by atoms with van der Waals surface area (Å²) in [6.45, 7) is 5.98. The number of aromatic nitrogens is 4.